The summed E-state index contributed by atoms with van der Waals surface area (Å²) in [4.78, 5) is 4.62. The molecule has 2 aromatic rings. The van der Waals surface area contributed by atoms with Gasteiger partial charge in [0.1, 0.15) is 18.4 Å². The van der Waals surface area contributed by atoms with E-state index in [9.17, 15) is 0 Å². The SMILES string of the molecule is CCNC(=NCc1cccc(OC)c1)NCCCCn1cnnc1. The summed E-state index contributed by atoms with van der Waals surface area (Å²) in [5.41, 5.74) is 1.12. The van der Waals surface area contributed by atoms with Gasteiger partial charge in [-0.1, -0.05) is 12.1 Å². The van der Waals surface area contributed by atoms with E-state index < -0.39 is 0 Å². The molecule has 0 spiro atoms. The van der Waals surface area contributed by atoms with Gasteiger partial charge in [0.15, 0.2) is 5.96 Å². The molecule has 0 unspecified atom stereocenters. The molecule has 7 nitrogen and oxygen atoms in total. The van der Waals surface area contributed by atoms with Gasteiger partial charge in [-0.25, -0.2) is 4.99 Å². The number of aromatic nitrogens is 3. The average molecular weight is 330 g/mol. The Labute approximate surface area is 143 Å². The number of aryl methyl sites for hydroxylation is 1. The molecule has 0 saturated carbocycles. The zero-order chi connectivity index (χ0) is 17.0. The number of benzene rings is 1. The molecule has 24 heavy (non-hydrogen) atoms. The lowest BCUT2D eigenvalue weighted by atomic mass is 10.2. The number of aliphatic imine (C=N–C) groups is 1. The van der Waals surface area contributed by atoms with E-state index in [1.807, 2.05) is 22.8 Å². The van der Waals surface area contributed by atoms with Crippen LogP contribution in [0.25, 0.3) is 0 Å². The van der Waals surface area contributed by atoms with Gasteiger partial charge in [-0.15, -0.1) is 10.2 Å². The third-order valence-corrected chi connectivity index (χ3v) is 3.50. The third kappa shape index (κ3) is 6.28. The van der Waals surface area contributed by atoms with Gasteiger partial charge in [-0.3, -0.25) is 0 Å². The van der Waals surface area contributed by atoms with Crippen LogP contribution in [-0.2, 0) is 13.1 Å². The Morgan fingerprint density at radius 3 is 2.79 bits per heavy atom. The minimum absolute atomic E-state index is 0.618. The highest BCUT2D eigenvalue weighted by Crippen LogP contribution is 2.13. The first-order valence-corrected chi connectivity index (χ1v) is 8.29. The van der Waals surface area contributed by atoms with Crippen molar-refractivity contribution in [2.45, 2.75) is 32.9 Å². The fourth-order valence-electron chi connectivity index (χ4n) is 2.25. The molecular formula is C17H26N6O. The first-order valence-electron chi connectivity index (χ1n) is 8.29. The smallest absolute Gasteiger partial charge is 0.191 e. The molecule has 0 amide bonds. The molecule has 1 aromatic carbocycles. The maximum atomic E-state index is 5.24. The first kappa shape index (κ1) is 17.8. The van der Waals surface area contributed by atoms with Crippen LogP contribution in [0.2, 0.25) is 0 Å². The minimum Gasteiger partial charge on any atom is -0.497 e. The largest absolute Gasteiger partial charge is 0.497 e. The van der Waals surface area contributed by atoms with E-state index in [1.165, 1.54) is 0 Å². The highest BCUT2D eigenvalue weighted by Gasteiger charge is 1.99. The summed E-state index contributed by atoms with van der Waals surface area (Å²) in [7, 11) is 1.67. The third-order valence-electron chi connectivity index (χ3n) is 3.50. The van der Waals surface area contributed by atoms with Crippen LogP contribution in [0.3, 0.4) is 0 Å². The average Bonchev–Trinajstić information content (AvgIpc) is 3.13. The maximum absolute atomic E-state index is 5.24. The molecule has 2 N–H and O–H groups in total. The van der Waals surface area contributed by atoms with Crippen LogP contribution < -0.4 is 15.4 Å². The summed E-state index contributed by atoms with van der Waals surface area (Å²) in [5.74, 6) is 1.69. The van der Waals surface area contributed by atoms with Gasteiger partial charge in [-0.2, -0.15) is 0 Å². The van der Waals surface area contributed by atoms with Crippen LogP contribution >= 0.6 is 0 Å². The predicted molar refractivity (Wildman–Crippen MR) is 95.1 cm³/mol. The number of methoxy groups -OCH3 is 1. The summed E-state index contributed by atoms with van der Waals surface area (Å²) < 4.78 is 7.23. The molecule has 0 bridgehead atoms. The van der Waals surface area contributed by atoms with E-state index in [0.29, 0.717) is 6.54 Å². The Morgan fingerprint density at radius 2 is 2.04 bits per heavy atom. The van der Waals surface area contributed by atoms with Crippen LogP contribution in [0.1, 0.15) is 25.3 Å². The molecular weight excluding hydrogens is 304 g/mol. The normalized spacial score (nSPS) is 11.3. The van der Waals surface area contributed by atoms with E-state index in [4.69, 9.17) is 4.74 Å². The lowest BCUT2D eigenvalue weighted by Crippen LogP contribution is -2.37. The molecule has 0 aliphatic heterocycles. The summed E-state index contributed by atoms with van der Waals surface area (Å²) in [6.07, 6.45) is 5.61. The van der Waals surface area contributed by atoms with E-state index in [1.54, 1.807) is 19.8 Å². The second kappa shape index (κ2) is 10.3. The number of rotatable bonds is 9. The van der Waals surface area contributed by atoms with Crippen molar-refractivity contribution in [3.05, 3.63) is 42.5 Å². The van der Waals surface area contributed by atoms with Crippen LogP contribution in [0.5, 0.6) is 5.75 Å². The second-order valence-electron chi connectivity index (χ2n) is 5.38. The summed E-state index contributed by atoms with van der Waals surface area (Å²) in [6, 6.07) is 7.97. The molecule has 0 atom stereocenters. The lowest BCUT2D eigenvalue weighted by molar-refractivity contribution is 0.414. The van der Waals surface area contributed by atoms with Crippen LogP contribution in [0, 0.1) is 0 Å². The Hall–Kier alpha value is -2.57. The molecule has 130 valence electrons. The standard InChI is InChI=1S/C17H26N6O/c1-3-18-17(19-9-4-5-10-23-13-21-22-14-23)20-12-15-7-6-8-16(11-15)24-2/h6-8,11,13-14H,3-5,9-10,12H2,1-2H3,(H2,18,19,20). The highest BCUT2D eigenvalue weighted by atomic mass is 16.5. The number of nitrogens with one attached hydrogen (secondary N) is 2. The fraction of sp³-hybridized carbons (Fsp3) is 0.471. The van der Waals surface area contributed by atoms with Gasteiger partial charge in [-0.05, 0) is 37.5 Å². The summed E-state index contributed by atoms with van der Waals surface area (Å²) >= 11 is 0. The Morgan fingerprint density at radius 1 is 1.21 bits per heavy atom. The van der Waals surface area contributed by atoms with Crippen molar-refractivity contribution >= 4 is 5.96 Å². The zero-order valence-corrected chi connectivity index (χ0v) is 14.4. The van der Waals surface area contributed by atoms with Crippen molar-refractivity contribution in [1.82, 2.24) is 25.4 Å². The summed E-state index contributed by atoms with van der Waals surface area (Å²) in [5, 5.41) is 14.2. The molecule has 0 aliphatic carbocycles. The van der Waals surface area contributed by atoms with E-state index in [-0.39, 0.29) is 0 Å². The molecule has 0 fully saturated rings. The lowest BCUT2D eigenvalue weighted by Gasteiger charge is -2.11. The Bertz CT molecular complexity index is 611. The topological polar surface area (TPSA) is 76.4 Å². The number of hydrogen-bond acceptors (Lipinski definition) is 4. The van der Waals surface area contributed by atoms with Crippen molar-refractivity contribution < 1.29 is 4.74 Å². The Kier molecular flexibility index (Phi) is 7.59. The molecule has 7 heteroatoms. The van der Waals surface area contributed by atoms with E-state index >= 15 is 0 Å². The van der Waals surface area contributed by atoms with Crippen LogP contribution in [0.4, 0.5) is 0 Å². The Balaban J connectivity index is 1.75. The number of ether oxygens (including phenoxy) is 1. The number of guanidine groups is 1. The highest BCUT2D eigenvalue weighted by molar-refractivity contribution is 5.79. The maximum Gasteiger partial charge on any atom is 0.191 e. The summed E-state index contributed by atoms with van der Waals surface area (Å²) in [6.45, 7) is 5.34. The first-order chi connectivity index (χ1) is 11.8. The van der Waals surface area contributed by atoms with Gasteiger partial charge in [0.25, 0.3) is 0 Å². The van der Waals surface area contributed by atoms with Gasteiger partial charge in [0, 0.05) is 19.6 Å². The quantitative estimate of drug-likeness (QED) is 0.417. The molecule has 0 aliphatic rings. The van der Waals surface area contributed by atoms with E-state index in [0.717, 1.165) is 49.7 Å². The van der Waals surface area contributed by atoms with Gasteiger partial charge in [0.2, 0.25) is 0 Å². The van der Waals surface area contributed by atoms with Gasteiger partial charge < -0.3 is 19.9 Å². The molecule has 2 rings (SSSR count). The number of unbranched alkanes of at least 4 members (excludes halogenated alkanes) is 1. The van der Waals surface area contributed by atoms with Crippen molar-refractivity contribution in [2.75, 3.05) is 20.2 Å². The molecule has 0 saturated heterocycles. The molecule has 1 heterocycles. The van der Waals surface area contributed by atoms with Crippen LogP contribution in [0.15, 0.2) is 41.9 Å². The molecule has 1 aromatic heterocycles. The van der Waals surface area contributed by atoms with Gasteiger partial charge >= 0.3 is 0 Å². The molecule has 0 radical (unpaired) electrons. The fourth-order valence-corrected chi connectivity index (χ4v) is 2.25. The minimum atomic E-state index is 0.618. The van der Waals surface area contributed by atoms with Crippen LogP contribution in [-0.4, -0.2) is 40.9 Å². The van der Waals surface area contributed by atoms with Crippen molar-refractivity contribution in [3.63, 3.8) is 0 Å². The van der Waals surface area contributed by atoms with Crippen molar-refractivity contribution in [2.24, 2.45) is 4.99 Å². The number of nitrogens with zero attached hydrogens (tertiary/aromatic N) is 4. The van der Waals surface area contributed by atoms with Crippen molar-refractivity contribution in [3.8, 4) is 5.75 Å². The second-order valence-corrected chi connectivity index (χ2v) is 5.38. The number of hydrogen-bond donors (Lipinski definition) is 2. The van der Waals surface area contributed by atoms with Gasteiger partial charge in [0.05, 0.1) is 13.7 Å². The van der Waals surface area contributed by atoms with Crippen molar-refractivity contribution in [1.29, 1.82) is 0 Å². The monoisotopic (exact) mass is 330 g/mol. The zero-order valence-electron chi connectivity index (χ0n) is 14.4. The van der Waals surface area contributed by atoms with E-state index in [2.05, 4.69) is 38.8 Å². The predicted octanol–water partition coefficient (Wildman–Crippen LogP) is 1.82.